The van der Waals surface area contributed by atoms with E-state index in [1.165, 1.54) is 36.2 Å². The molecule has 0 aromatic carbocycles. The smallest absolute Gasteiger partial charge is 0.254 e. The lowest BCUT2D eigenvalue weighted by atomic mass is 9.32. The standard InChI is InChI=1S/C35H51NO3S/c1-21(2)27-24(37)19-31(5)14-16-33(7)23(28(27)31)9-10-26-32(6)15-17-35(39,36-29(38)22-12-18-40-20-22)30(3,4)25(32)11-13-34(26,33)8/h12,18,20-21,23,25-26,39H,9-11,13-17,19H2,1-8H3,(H,36,38)/t23-,25+,26-,31+,32+,33-,34-,35+/m1/s1. The van der Waals surface area contributed by atoms with Gasteiger partial charge in [-0.3, -0.25) is 9.59 Å². The van der Waals surface area contributed by atoms with Crippen LogP contribution in [0.2, 0.25) is 0 Å². The van der Waals surface area contributed by atoms with Crippen LogP contribution in [0.4, 0.5) is 0 Å². The van der Waals surface area contributed by atoms with Crippen molar-refractivity contribution in [1.82, 2.24) is 5.32 Å². The number of aliphatic hydroxyl groups is 1. The molecular formula is C35H51NO3S. The van der Waals surface area contributed by atoms with Gasteiger partial charge in [-0.15, -0.1) is 0 Å². The van der Waals surface area contributed by atoms with E-state index in [1.807, 2.05) is 16.8 Å². The summed E-state index contributed by atoms with van der Waals surface area (Å²) in [5, 5.41) is 19.0. The number of carbonyl (C=O) groups excluding carboxylic acids is 2. The molecule has 1 amide bonds. The largest absolute Gasteiger partial charge is 0.370 e. The normalized spacial score (nSPS) is 46.0. The highest BCUT2D eigenvalue weighted by molar-refractivity contribution is 7.08. The number of nitrogens with one attached hydrogen (secondary N) is 1. The molecule has 5 heteroatoms. The average Bonchev–Trinajstić information content (AvgIpc) is 3.49. The Morgan fingerprint density at radius 2 is 1.68 bits per heavy atom. The SMILES string of the molecule is CC(C)C1=C2[C@H]3CC[C@@H]4[C@@]5(C)CC[C@@](O)(NC(=O)c6ccsc6)C(C)(C)[C@@H]5CC[C@@]4(C)[C@]3(C)CC[C@@]2(C)CC1=O. The summed E-state index contributed by atoms with van der Waals surface area (Å²) in [6.45, 7) is 19.0. The van der Waals surface area contributed by atoms with Gasteiger partial charge in [0.2, 0.25) is 0 Å². The van der Waals surface area contributed by atoms with E-state index in [9.17, 15) is 14.7 Å². The van der Waals surface area contributed by atoms with Gasteiger partial charge in [0.15, 0.2) is 5.78 Å². The zero-order valence-corrected chi connectivity index (χ0v) is 26.9. The topological polar surface area (TPSA) is 66.4 Å². The van der Waals surface area contributed by atoms with Crippen molar-refractivity contribution in [3.8, 4) is 0 Å². The predicted molar refractivity (Wildman–Crippen MR) is 162 cm³/mol. The Balaban J connectivity index is 1.35. The van der Waals surface area contributed by atoms with Crippen molar-refractivity contribution < 1.29 is 14.7 Å². The van der Waals surface area contributed by atoms with Gasteiger partial charge in [-0.25, -0.2) is 0 Å². The van der Waals surface area contributed by atoms with Gasteiger partial charge in [0.05, 0.1) is 5.56 Å². The van der Waals surface area contributed by atoms with Gasteiger partial charge < -0.3 is 10.4 Å². The van der Waals surface area contributed by atoms with Gasteiger partial charge in [-0.2, -0.15) is 11.3 Å². The molecule has 2 N–H and O–H groups in total. The molecule has 5 aliphatic carbocycles. The molecule has 0 bridgehead atoms. The van der Waals surface area contributed by atoms with E-state index < -0.39 is 11.1 Å². The predicted octanol–water partition coefficient (Wildman–Crippen LogP) is 8.17. The number of hydrogen-bond donors (Lipinski definition) is 2. The monoisotopic (exact) mass is 565 g/mol. The molecule has 0 aliphatic heterocycles. The van der Waals surface area contributed by atoms with Crippen molar-refractivity contribution in [2.45, 2.75) is 119 Å². The molecule has 4 fully saturated rings. The molecule has 4 nitrogen and oxygen atoms in total. The average molecular weight is 566 g/mol. The van der Waals surface area contributed by atoms with Crippen molar-refractivity contribution in [2.75, 3.05) is 0 Å². The lowest BCUT2D eigenvalue weighted by Gasteiger charge is -2.73. The maximum atomic E-state index is 13.3. The number of thiophene rings is 1. The van der Waals surface area contributed by atoms with Crippen LogP contribution < -0.4 is 5.32 Å². The Labute approximate surface area is 245 Å². The number of ketones is 1. The second-order valence-electron chi connectivity index (χ2n) is 16.3. The van der Waals surface area contributed by atoms with Crippen molar-refractivity contribution >= 4 is 23.0 Å². The van der Waals surface area contributed by atoms with Crippen LogP contribution in [0.15, 0.2) is 28.0 Å². The van der Waals surface area contributed by atoms with Gasteiger partial charge in [0.1, 0.15) is 5.72 Å². The molecule has 40 heavy (non-hydrogen) atoms. The third-order valence-electron chi connectivity index (χ3n) is 14.1. The molecule has 0 radical (unpaired) electrons. The Bertz CT molecular complexity index is 1260. The maximum Gasteiger partial charge on any atom is 0.254 e. The minimum absolute atomic E-state index is 0.0507. The minimum Gasteiger partial charge on any atom is -0.370 e. The Morgan fingerprint density at radius 3 is 2.33 bits per heavy atom. The lowest BCUT2D eigenvalue weighted by molar-refractivity contribution is -0.256. The summed E-state index contributed by atoms with van der Waals surface area (Å²) in [6, 6.07) is 1.84. The van der Waals surface area contributed by atoms with Crippen LogP contribution in [0.1, 0.15) is 124 Å². The fourth-order valence-corrected chi connectivity index (χ4v) is 12.4. The van der Waals surface area contributed by atoms with E-state index in [2.05, 4.69) is 60.7 Å². The van der Waals surface area contributed by atoms with Gasteiger partial charge in [0, 0.05) is 17.2 Å². The first kappa shape index (κ1) is 28.6. The third kappa shape index (κ3) is 3.52. The number of carbonyl (C=O) groups is 2. The first-order chi connectivity index (χ1) is 18.5. The van der Waals surface area contributed by atoms with Crippen molar-refractivity contribution in [1.29, 1.82) is 0 Å². The second kappa shape index (κ2) is 8.78. The molecule has 0 unspecified atom stereocenters. The number of amides is 1. The maximum absolute atomic E-state index is 13.3. The Kier molecular flexibility index (Phi) is 6.29. The van der Waals surface area contributed by atoms with Crippen LogP contribution in [0.3, 0.4) is 0 Å². The van der Waals surface area contributed by atoms with Gasteiger partial charge >= 0.3 is 0 Å². The third-order valence-corrected chi connectivity index (χ3v) is 14.8. The summed E-state index contributed by atoms with van der Waals surface area (Å²) in [5.74, 6) is 1.94. The zero-order chi connectivity index (χ0) is 29.1. The van der Waals surface area contributed by atoms with E-state index in [4.69, 9.17) is 0 Å². The van der Waals surface area contributed by atoms with Crippen LogP contribution in [-0.2, 0) is 4.79 Å². The summed E-state index contributed by atoms with van der Waals surface area (Å²) in [4.78, 5) is 26.4. The molecule has 5 aliphatic rings. The molecule has 0 spiro atoms. The number of hydrogen-bond acceptors (Lipinski definition) is 4. The highest BCUT2D eigenvalue weighted by Gasteiger charge is 2.71. The number of fused-ring (bicyclic) bond motifs is 7. The number of allylic oxidation sites excluding steroid dienone is 2. The molecule has 1 aromatic heterocycles. The molecule has 1 aromatic rings. The quantitative estimate of drug-likeness (QED) is 0.363. The molecule has 4 saturated carbocycles. The van der Waals surface area contributed by atoms with E-state index in [1.54, 1.807) is 5.57 Å². The van der Waals surface area contributed by atoms with Crippen molar-refractivity contribution in [2.24, 2.45) is 50.7 Å². The first-order valence-corrected chi connectivity index (χ1v) is 16.8. The highest BCUT2D eigenvalue weighted by atomic mass is 32.1. The van der Waals surface area contributed by atoms with Gasteiger partial charge in [-0.1, -0.05) is 61.0 Å². The van der Waals surface area contributed by atoms with Crippen LogP contribution in [0, 0.1) is 50.7 Å². The van der Waals surface area contributed by atoms with Crippen molar-refractivity contribution in [3.05, 3.63) is 33.5 Å². The fraction of sp³-hybridized carbons (Fsp3) is 0.771. The van der Waals surface area contributed by atoms with Crippen LogP contribution in [0.25, 0.3) is 0 Å². The summed E-state index contributed by atoms with van der Waals surface area (Å²) in [6.07, 6.45) is 9.15. The summed E-state index contributed by atoms with van der Waals surface area (Å²) in [5.41, 5.74) is 2.20. The fourth-order valence-electron chi connectivity index (χ4n) is 11.7. The minimum atomic E-state index is -1.22. The molecule has 6 rings (SSSR count). The molecule has 8 atom stereocenters. The van der Waals surface area contributed by atoms with Crippen molar-refractivity contribution in [3.63, 3.8) is 0 Å². The van der Waals surface area contributed by atoms with Crippen LogP contribution in [0.5, 0.6) is 0 Å². The molecule has 220 valence electrons. The van der Waals surface area contributed by atoms with E-state index in [0.717, 1.165) is 25.7 Å². The highest BCUT2D eigenvalue weighted by Crippen LogP contribution is 2.77. The van der Waals surface area contributed by atoms with E-state index in [-0.39, 0.29) is 27.6 Å². The van der Waals surface area contributed by atoms with Crippen LogP contribution in [-0.4, -0.2) is 22.5 Å². The molecule has 1 heterocycles. The summed E-state index contributed by atoms with van der Waals surface area (Å²) < 4.78 is 0. The Hall–Kier alpha value is -1.46. The first-order valence-electron chi connectivity index (χ1n) is 15.9. The lowest BCUT2D eigenvalue weighted by Crippen LogP contribution is -2.70. The molecule has 0 saturated heterocycles. The summed E-state index contributed by atoms with van der Waals surface area (Å²) >= 11 is 1.51. The van der Waals surface area contributed by atoms with E-state index >= 15 is 0 Å². The van der Waals surface area contributed by atoms with E-state index in [0.29, 0.717) is 47.9 Å². The van der Waals surface area contributed by atoms with Gasteiger partial charge in [-0.05, 0) is 114 Å². The van der Waals surface area contributed by atoms with Crippen LogP contribution >= 0.6 is 11.3 Å². The second-order valence-corrected chi connectivity index (χ2v) is 17.1. The zero-order valence-electron chi connectivity index (χ0n) is 26.1. The Morgan fingerprint density at radius 1 is 0.950 bits per heavy atom. The summed E-state index contributed by atoms with van der Waals surface area (Å²) in [7, 11) is 0. The molecular weight excluding hydrogens is 514 g/mol. The number of Topliss-reactive ketones (excluding diaryl/α,β-unsaturated/α-hetero) is 1. The van der Waals surface area contributed by atoms with Gasteiger partial charge in [0.25, 0.3) is 5.91 Å². The number of rotatable bonds is 3.